The Bertz CT molecular complexity index is 941. The van der Waals surface area contributed by atoms with Gasteiger partial charge in [0.15, 0.2) is 17.3 Å². The number of rotatable bonds is 7. The fourth-order valence-corrected chi connectivity index (χ4v) is 4.62. The molecule has 9 heteroatoms. The molecule has 172 valence electrons. The summed E-state index contributed by atoms with van der Waals surface area (Å²) in [5, 5.41) is 6.87. The van der Waals surface area contributed by atoms with Crippen molar-refractivity contribution in [1.29, 1.82) is 0 Å². The molecule has 0 bridgehead atoms. The number of alkyl halides is 1. The lowest BCUT2D eigenvalue weighted by atomic mass is 9.82. The molecule has 8 nitrogen and oxygen atoms in total. The quantitative estimate of drug-likeness (QED) is 0.710. The lowest BCUT2D eigenvalue weighted by Crippen LogP contribution is -2.43. The Balaban J connectivity index is 1.37. The van der Waals surface area contributed by atoms with Crippen LogP contribution in [-0.2, 0) is 11.8 Å². The van der Waals surface area contributed by atoms with E-state index in [4.69, 9.17) is 4.74 Å². The van der Waals surface area contributed by atoms with Gasteiger partial charge in [0.05, 0.1) is 12.7 Å². The van der Waals surface area contributed by atoms with Crippen molar-refractivity contribution in [3.8, 4) is 5.75 Å². The first kappa shape index (κ1) is 22.2. The summed E-state index contributed by atoms with van der Waals surface area (Å²) in [6.07, 6.45) is 8.16. The highest BCUT2D eigenvalue weighted by atomic mass is 19.1. The van der Waals surface area contributed by atoms with Crippen LogP contribution in [0.1, 0.15) is 49.0 Å². The van der Waals surface area contributed by atoms with Crippen LogP contribution in [0.15, 0.2) is 30.6 Å². The number of halogens is 1. The molecule has 1 saturated heterocycles. The third kappa shape index (κ3) is 5.08. The maximum absolute atomic E-state index is 13.1. The van der Waals surface area contributed by atoms with Gasteiger partial charge in [0.2, 0.25) is 5.91 Å². The van der Waals surface area contributed by atoms with Gasteiger partial charge in [-0.3, -0.25) is 18.7 Å². The maximum Gasteiger partial charge on any atom is 0.279 e. The number of hydrogen-bond donors (Lipinski definition) is 1. The predicted molar refractivity (Wildman–Crippen MR) is 117 cm³/mol. The Morgan fingerprint density at radius 1 is 1.22 bits per heavy atom. The molecule has 0 aromatic carbocycles. The molecule has 32 heavy (non-hydrogen) atoms. The highest BCUT2D eigenvalue weighted by Crippen LogP contribution is 2.32. The Labute approximate surface area is 187 Å². The first-order chi connectivity index (χ1) is 15.5. The van der Waals surface area contributed by atoms with Crippen molar-refractivity contribution in [2.24, 2.45) is 18.9 Å². The smallest absolute Gasteiger partial charge is 0.279 e. The molecule has 4 rings (SSSR count). The van der Waals surface area contributed by atoms with Crippen LogP contribution in [0.3, 0.4) is 0 Å². The number of pyridine rings is 1. The predicted octanol–water partition coefficient (Wildman–Crippen LogP) is 3.21. The third-order valence-electron chi connectivity index (χ3n) is 6.45. The molecule has 0 spiro atoms. The number of nitrogens with zero attached hydrogens (tertiary/aromatic N) is 4. The van der Waals surface area contributed by atoms with E-state index in [-0.39, 0.29) is 36.2 Å². The van der Waals surface area contributed by atoms with Gasteiger partial charge in [-0.25, -0.2) is 4.98 Å². The SMILES string of the molecule is Cn1ccc(NC(=O)c2ncccc2OC[C@@H]2CCCN2C(=O)C2CCC(CF)CC2)n1. The van der Waals surface area contributed by atoms with E-state index in [0.29, 0.717) is 18.2 Å². The standard InChI is InChI=1S/C23H30FN5O3/c1-28-13-10-20(27-28)26-22(30)21-19(5-2-11-25-21)32-15-18-4-3-12-29(18)23(31)17-8-6-16(14-24)7-9-17/h2,5,10-11,13,16-18H,3-4,6-9,12,14-15H2,1H3,(H,26,27,30)/t16?,17?,18-/m0/s1. The van der Waals surface area contributed by atoms with Crippen LogP contribution < -0.4 is 10.1 Å². The summed E-state index contributed by atoms with van der Waals surface area (Å²) in [6, 6.07) is 5.09. The lowest BCUT2D eigenvalue weighted by Gasteiger charge is -2.32. The van der Waals surface area contributed by atoms with E-state index in [0.717, 1.165) is 45.1 Å². The number of nitrogens with one attached hydrogen (secondary N) is 1. The second-order valence-corrected chi connectivity index (χ2v) is 8.69. The zero-order valence-corrected chi connectivity index (χ0v) is 18.4. The number of aromatic nitrogens is 3. The Morgan fingerprint density at radius 3 is 2.75 bits per heavy atom. The summed E-state index contributed by atoms with van der Waals surface area (Å²) < 4.78 is 20.5. The van der Waals surface area contributed by atoms with Gasteiger partial charge < -0.3 is 15.0 Å². The van der Waals surface area contributed by atoms with Crippen molar-refractivity contribution in [3.05, 3.63) is 36.3 Å². The normalized spacial score (nSPS) is 23.2. The molecule has 2 aromatic heterocycles. The van der Waals surface area contributed by atoms with Crippen molar-refractivity contribution < 1.29 is 18.7 Å². The van der Waals surface area contributed by atoms with Crippen LogP contribution in [0.2, 0.25) is 0 Å². The molecule has 3 heterocycles. The summed E-state index contributed by atoms with van der Waals surface area (Å²) in [5.41, 5.74) is 0.179. The van der Waals surface area contributed by atoms with Crippen LogP contribution in [0.4, 0.5) is 10.2 Å². The van der Waals surface area contributed by atoms with Crippen molar-refractivity contribution in [1.82, 2.24) is 19.7 Å². The number of aryl methyl sites for hydroxylation is 1. The van der Waals surface area contributed by atoms with Crippen LogP contribution in [0, 0.1) is 11.8 Å². The van der Waals surface area contributed by atoms with Crippen molar-refractivity contribution >= 4 is 17.6 Å². The van der Waals surface area contributed by atoms with Gasteiger partial charge in [-0.15, -0.1) is 0 Å². The number of likely N-dealkylation sites (tertiary alicyclic amines) is 1. The number of carbonyl (C=O) groups excluding carboxylic acids is 2. The van der Waals surface area contributed by atoms with Gasteiger partial charge >= 0.3 is 0 Å². The molecule has 1 saturated carbocycles. The van der Waals surface area contributed by atoms with E-state index in [9.17, 15) is 14.0 Å². The topological polar surface area (TPSA) is 89.4 Å². The molecule has 0 unspecified atom stereocenters. The minimum atomic E-state index is -0.400. The molecule has 2 amide bonds. The highest BCUT2D eigenvalue weighted by Gasteiger charge is 2.35. The van der Waals surface area contributed by atoms with E-state index < -0.39 is 5.91 Å². The summed E-state index contributed by atoms with van der Waals surface area (Å²) >= 11 is 0. The minimum Gasteiger partial charge on any atom is -0.489 e. The highest BCUT2D eigenvalue weighted by molar-refractivity contribution is 6.04. The average molecular weight is 444 g/mol. The molecular weight excluding hydrogens is 413 g/mol. The summed E-state index contributed by atoms with van der Waals surface area (Å²) in [6.45, 7) is 0.736. The molecule has 1 aliphatic heterocycles. The van der Waals surface area contributed by atoms with Gasteiger partial charge in [-0.05, 0) is 56.6 Å². The van der Waals surface area contributed by atoms with E-state index in [1.807, 2.05) is 4.90 Å². The number of anilines is 1. The Kier molecular flexibility index (Phi) is 7.02. The largest absolute Gasteiger partial charge is 0.489 e. The summed E-state index contributed by atoms with van der Waals surface area (Å²) in [7, 11) is 1.77. The molecular formula is C23H30FN5O3. The van der Waals surface area contributed by atoms with Crippen molar-refractivity contribution in [3.63, 3.8) is 0 Å². The minimum absolute atomic E-state index is 0.0171. The van der Waals surface area contributed by atoms with Crippen molar-refractivity contribution in [2.45, 2.75) is 44.6 Å². The molecule has 2 fully saturated rings. The Morgan fingerprint density at radius 2 is 2.03 bits per heavy atom. The molecule has 0 radical (unpaired) electrons. The van der Waals surface area contributed by atoms with E-state index in [2.05, 4.69) is 15.4 Å². The van der Waals surface area contributed by atoms with Crippen LogP contribution >= 0.6 is 0 Å². The monoisotopic (exact) mass is 443 g/mol. The van der Waals surface area contributed by atoms with E-state index in [1.54, 1.807) is 42.3 Å². The van der Waals surface area contributed by atoms with Gasteiger partial charge in [-0.2, -0.15) is 5.10 Å². The maximum atomic E-state index is 13.1. The molecule has 1 N–H and O–H groups in total. The second kappa shape index (κ2) is 10.1. The zero-order chi connectivity index (χ0) is 22.5. The second-order valence-electron chi connectivity index (χ2n) is 8.69. The number of carbonyl (C=O) groups is 2. The number of hydrogen-bond acceptors (Lipinski definition) is 5. The van der Waals surface area contributed by atoms with Crippen molar-refractivity contribution in [2.75, 3.05) is 25.1 Å². The molecule has 1 aliphatic carbocycles. The van der Waals surface area contributed by atoms with Gasteiger partial charge in [0.25, 0.3) is 5.91 Å². The van der Waals surface area contributed by atoms with Crippen LogP contribution in [0.25, 0.3) is 0 Å². The number of amides is 2. The van der Waals surface area contributed by atoms with Gasteiger partial charge in [0, 0.05) is 38.0 Å². The molecule has 1 atom stereocenters. The van der Waals surface area contributed by atoms with E-state index in [1.165, 1.54) is 0 Å². The fourth-order valence-electron chi connectivity index (χ4n) is 4.62. The first-order valence-electron chi connectivity index (χ1n) is 11.3. The van der Waals surface area contributed by atoms with Crippen LogP contribution in [0.5, 0.6) is 5.75 Å². The average Bonchev–Trinajstić information content (AvgIpc) is 3.46. The zero-order valence-electron chi connectivity index (χ0n) is 18.4. The summed E-state index contributed by atoms with van der Waals surface area (Å²) in [5.74, 6) is 0.665. The van der Waals surface area contributed by atoms with E-state index >= 15 is 0 Å². The first-order valence-corrected chi connectivity index (χ1v) is 11.3. The van der Waals surface area contributed by atoms with Gasteiger partial charge in [0.1, 0.15) is 6.61 Å². The van der Waals surface area contributed by atoms with Gasteiger partial charge in [-0.1, -0.05) is 0 Å². The molecule has 2 aromatic rings. The van der Waals surface area contributed by atoms with Crippen LogP contribution in [-0.4, -0.2) is 57.3 Å². The fraction of sp³-hybridized carbons (Fsp3) is 0.565. The summed E-state index contributed by atoms with van der Waals surface area (Å²) in [4.78, 5) is 31.9. The lowest BCUT2D eigenvalue weighted by molar-refractivity contribution is -0.138. The third-order valence-corrected chi connectivity index (χ3v) is 6.45. The molecule has 2 aliphatic rings. The number of ether oxygens (including phenoxy) is 1. The Hall–Kier alpha value is -2.97.